The van der Waals surface area contributed by atoms with Crippen molar-refractivity contribution in [2.24, 2.45) is 11.8 Å². The summed E-state index contributed by atoms with van der Waals surface area (Å²) in [5.74, 6) is 1.70. The summed E-state index contributed by atoms with van der Waals surface area (Å²) in [7, 11) is 0. The summed E-state index contributed by atoms with van der Waals surface area (Å²) in [6, 6.07) is 7.44. The number of benzene rings is 1. The van der Waals surface area contributed by atoms with E-state index in [1.165, 1.54) is 12.8 Å². The second-order valence-corrected chi connectivity index (χ2v) is 6.73. The van der Waals surface area contributed by atoms with Crippen molar-refractivity contribution < 1.29 is 14.3 Å². The predicted molar refractivity (Wildman–Crippen MR) is 88.2 cm³/mol. The molecule has 1 aliphatic rings. The molecule has 0 aromatic heterocycles. The molecule has 2 rings (SSSR count). The maximum Gasteiger partial charge on any atom is 0.314 e. The number of carbonyl (C=O) groups is 1. The summed E-state index contributed by atoms with van der Waals surface area (Å²) in [6.07, 6.45) is 5.51. The molecule has 0 N–H and O–H groups in total. The maximum atomic E-state index is 11.8. The molecule has 1 saturated carbocycles. The molecule has 1 aromatic carbocycles. The second-order valence-electron chi connectivity index (χ2n) is 6.73. The van der Waals surface area contributed by atoms with Gasteiger partial charge in [0.15, 0.2) is 0 Å². The molecule has 1 atom stereocenters. The lowest BCUT2D eigenvalue weighted by molar-refractivity contribution is -0.138. The van der Waals surface area contributed by atoms with Crippen molar-refractivity contribution in [2.45, 2.75) is 65.4 Å². The average Bonchev–Trinajstić information content (AvgIpc) is 2.98. The Morgan fingerprint density at radius 1 is 1.09 bits per heavy atom. The van der Waals surface area contributed by atoms with Gasteiger partial charge in [0.25, 0.3) is 0 Å². The Morgan fingerprint density at radius 3 is 2.14 bits per heavy atom. The van der Waals surface area contributed by atoms with E-state index in [9.17, 15) is 4.79 Å². The summed E-state index contributed by atoms with van der Waals surface area (Å²) in [6.45, 7) is 8.32. The minimum Gasteiger partial charge on any atom is -0.487 e. The highest BCUT2D eigenvalue weighted by Gasteiger charge is 2.39. The standard InChI is InChI=1S/C19H28O3/c1-5-15(4)18(20)21-16-8-10-17(11-9-16)22-19(14(2)3)12-6-7-13-19/h8-11,14-15H,5-7,12-13H2,1-4H3. The smallest absolute Gasteiger partial charge is 0.314 e. The van der Waals surface area contributed by atoms with Crippen LogP contribution in [0.2, 0.25) is 0 Å². The first-order valence-electron chi connectivity index (χ1n) is 8.47. The molecule has 1 unspecified atom stereocenters. The Morgan fingerprint density at radius 2 is 1.64 bits per heavy atom. The van der Waals surface area contributed by atoms with E-state index in [0.717, 1.165) is 25.0 Å². The first kappa shape index (κ1) is 16.9. The van der Waals surface area contributed by atoms with Gasteiger partial charge < -0.3 is 9.47 Å². The van der Waals surface area contributed by atoms with Crippen molar-refractivity contribution in [2.75, 3.05) is 0 Å². The third kappa shape index (κ3) is 3.82. The van der Waals surface area contributed by atoms with E-state index in [2.05, 4.69) is 13.8 Å². The molecule has 1 aromatic rings. The van der Waals surface area contributed by atoms with Gasteiger partial charge in [-0.15, -0.1) is 0 Å². The van der Waals surface area contributed by atoms with Gasteiger partial charge in [0.2, 0.25) is 0 Å². The van der Waals surface area contributed by atoms with Crippen LogP contribution in [0.5, 0.6) is 11.5 Å². The zero-order chi connectivity index (χ0) is 16.2. The maximum absolute atomic E-state index is 11.8. The lowest BCUT2D eigenvalue weighted by atomic mass is 9.88. The minimum absolute atomic E-state index is 0.0328. The fourth-order valence-corrected chi connectivity index (χ4v) is 2.96. The van der Waals surface area contributed by atoms with Crippen molar-refractivity contribution >= 4 is 5.97 Å². The first-order valence-corrected chi connectivity index (χ1v) is 8.47. The fourth-order valence-electron chi connectivity index (χ4n) is 2.96. The van der Waals surface area contributed by atoms with Crippen molar-refractivity contribution in [1.29, 1.82) is 0 Å². The van der Waals surface area contributed by atoms with E-state index in [1.807, 2.05) is 38.1 Å². The van der Waals surface area contributed by atoms with E-state index in [0.29, 0.717) is 11.7 Å². The molecule has 0 aliphatic heterocycles. The summed E-state index contributed by atoms with van der Waals surface area (Å²) in [4.78, 5) is 11.8. The predicted octanol–water partition coefficient (Wildman–Crippen LogP) is 4.99. The van der Waals surface area contributed by atoms with E-state index in [4.69, 9.17) is 9.47 Å². The lowest BCUT2D eigenvalue weighted by Crippen LogP contribution is -2.38. The van der Waals surface area contributed by atoms with Gasteiger partial charge in [0.05, 0.1) is 5.92 Å². The summed E-state index contributed by atoms with van der Waals surface area (Å²) in [5, 5.41) is 0. The van der Waals surface area contributed by atoms with Crippen LogP contribution in [0.3, 0.4) is 0 Å². The third-order valence-corrected chi connectivity index (χ3v) is 4.88. The summed E-state index contributed by atoms with van der Waals surface area (Å²) in [5.41, 5.74) is -0.0328. The molecule has 122 valence electrons. The van der Waals surface area contributed by atoms with Crippen LogP contribution in [0.25, 0.3) is 0 Å². The highest BCUT2D eigenvalue weighted by atomic mass is 16.5. The van der Waals surface area contributed by atoms with Crippen molar-refractivity contribution in [3.8, 4) is 11.5 Å². The largest absolute Gasteiger partial charge is 0.487 e. The average molecular weight is 304 g/mol. The van der Waals surface area contributed by atoms with Crippen molar-refractivity contribution in [3.05, 3.63) is 24.3 Å². The SMILES string of the molecule is CCC(C)C(=O)Oc1ccc(OC2(C(C)C)CCCC2)cc1. The van der Waals surface area contributed by atoms with Gasteiger partial charge >= 0.3 is 5.97 Å². The molecule has 0 heterocycles. The first-order chi connectivity index (χ1) is 10.5. The zero-order valence-corrected chi connectivity index (χ0v) is 14.2. The lowest BCUT2D eigenvalue weighted by Gasteiger charge is -2.34. The molecule has 0 bridgehead atoms. The van der Waals surface area contributed by atoms with Crippen molar-refractivity contribution in [3.63, 3.8) is 0 Å². The molecule has 22 heavy (non-hydrogen) atoms. The second kappa shape index (κ2) is 7.17. The van der Waals surface area contributed by atoms with Gasteiger partial charge in [-0.1, -0.05) is 27.7 Å². The minimum atomic E-state index is -0.175. The Hall–Kier alpha value is -1.51. The Kier molecular flexibility index (Phi) is 5.49. The van der Waals surface area contributed by atoms with E-state index in [1.54, 1.807) is 0 Å². The summed E-state index contributed by atoms with van der Waals surface area (Å²) < 4.78 is 11.7. The molecule has 0 radical (unpaired) electrons. The number of hydrogen-bond donors (Lipinski definition) is 0. The van der Waals surface area contributed by atoms with Crippen LogP contribution in [0, 0.1) is 11.8 Å². The van der Waals surface area contributed by atoms with Gasteiger partial charge in [0, 0.05) is 0 Å². The summed E-state index contributed by atoms with van der Waals surface area (Å²) >= 11 is 0. The van der Waals surface area contributed by atoms with Crippen LogP contribution in [0.4, 0.5) is 0 Å². The van der Waals surface area contributed by atoms with Gasteiger partial charge in [-0.05, 0) is 62.3 Å². The molecular weight excluding hydrogens is 276 g/mol. The molecule has 0 amide bonds. The van der Waals surface area contributed by atoms with Crippen LogP contribution in [0.15, 0.2) is 24.3 Å². The number of esters is 1. The van der Waals surface area contributed by atoms with Gasteiger partial charge in [-0.3, -0.25) is 4.79 Å². The van der Waals surface area contributed by atoms with Crippen LogP contribution in [-0.2, 0) is 4.79 Å². The van der Waals surface area contributed by atoms with Crippen LogP contribution >= 0.6 is 0 Å². The van der Waals surface area contributed by atoms with Gasteiger partial charge in [0.1, 0.15) is 17.1 Å². The van der Waals surface area contributed by atoms with E-state index < -0.39 is 0 Å². The number of hydrogen-bond acceptors (Lipinski definition) is 3. The fraction of sp³-hybridized carbons (Fsp3) is 0.632. The van der Waals surface area contributed by atoms with Crippen molar-refractivity contribution in [1.82, 2.24) is 0 Å². The molecule has 1 aliphatic carbocycles. The Bertz CT molecular complexity index is 484. The van der Waals surface area contributed by atoms with E-state index >= 15 is 0 Å². The number of carbonyl (C=O) groups excluding carboxylic acids is 1. The number of ether oxygens (including phenoxy) is 2. The molecular formula is C19H28O3. The number of rotatable bonds is 6. The molecule has 3 heteroatoms. The molecule has 3 nitrogen and oxygen atoms in total. The monoisotopic (exact) mass is 304 g/mol. The Balaban J connectivity index is 2.01. The molecule has 0 spiro atoms. The molecule has 1 fully saturated rings. The van der Waals surface area contributed by atoms with Crippen LogP contribution in [-0.4, -0.2) is 11.6 Å². The zero-order valence-electron chi connectivity index (χ0n) is 14.2. The topological polar surface area (TPSA) is 35.5 Å². The normalized spacial score (nSPS) is 18.2. The van der Waals surface area contributed by atoms with E-state index in [-0.39, 0.29) is 17.5 Å². The highest BCUT2D eigenvalue weighted by Crippen LogP contribution is 2.40. The highest BCUT2D eigenvalue weighted by molar-refractivity contribution is 5.74. The van der Waals surface area contributed by atoms with Gasteiger partial charge in [-0.2, -0.15) is 0 Å². The quantitative estimate of drug-likeness (QED) is 0.549. The van der Waals surface area contributed by atoms with Crippen LogP contribution < -0.4 is 9.47 Å². The third-order valence-electron chi connectivity index (χ3n) is 4.88. The van der Waals surface area contributed by atoms with Crippen LogP contribution in [0.1, 0.15) is 59.8 Å². The Labute approximate surface area is 134 Å². The van der Waals surface area contributed by atoms with Gasteiger partial charge in [-0.25, -0.2) is 0 Å². The molecule has 0 saturated heterocycles.